The van der Waals surface area contributed by atoms with E-state index in [1.165, 1.54) is 31.2 Å². The van der Waals surface area contributed by atoms with Gasteiger partial charge in [0.1, 0.15) is 0 Å². The molecule has 0 bridgehead atoms. The molecule has 0 saturated heterocycles. The monoisotopic (exact) mass is 207 g/mol. The third kappa shape index (κ3) is 4.43. The van der Waals surface area contributed by atoms with Crippen LogP contribution < -0.4 is 0 Å². The van der Waals surface area contributed by atoms with E-state index in [4.69, 9.17) is 15.5 Å². The molecule has 78 valence electrons. The Labute approximate surface area is 86.2 Å². The molecule has 1 aromatic rings. The Kier molecular flexibility index (Phi) is 5.19. The lowest BCUT2D eigenvalue weighted by Gasteiger charge is -1.94. The van der Waals surface area contributed by atoms with Gasteiger partial charge in [-0.2, -0.15) is 5.26 Å². The molecule has 0 atom stereocenters. The maximum Gasteiger partial charge on any atom is 0.335 e. The summed E-state index contributed by atoms with van der Waals surface area (Å²) in [5.74, 6) is -2.13. The Balaban J connectivity index is 0.000000583. The summed E-state index contributed by atoms with van der Waals surface area (Å²) in [5.41, 5.74) is 0.167. The van der Waals surface area contributed by atoms with Gasteiger partial charge in [-0.15, -0.1) is 0 Å². The van der Waals surface area contributed by atoms with Crippen molar-refractivity contribution in [2.45, 2.75) is 6.92 Å². The summed E-state index contributed by atoms with van der Waals surface area (Å²) in [4.78, 5) is 20.7. The number of rotatable bonds is 2. The van der Waals surface area contributed by atoms with Crippen LogP contribution in [0.15, 0.2) is 24.3 Å². The molecule has 2 N–H and O–H groups in total. The molecule has 1 aromatic carbocycles. The molecule has 0 spiro atoms. The van der Waals surface area contributed by atoms with Crippen LogP contribution in [-0.2, 0) is 0 Å². The van der Waals surface area contributed by atoms with Crippen LogP contribution in [0.4, 0.5) is 0 Å². The van der Waals surface area contributed by atoms with Crippen LogP contribution in [0.1, 0.15) is 27.6 Å². The first-order chi connectivity index (χ1) is 7.02. The highest BCUT2D eigenvalue weighted by atomic mass is 16.4. The average molecular weight is 207 g/mol. The standard InChI is InChI=1S/C8H6O4.C2H3N/c9-7(10)5-1-2-6(4-3-5)8(11)12;1-2-3/h1-4H,(H,9,10)(H,11,12);1H3. The van der Waals surface area contributed by atoms with Gasteiger partial charge in [0.25, 0.3) is 0 Å². The fourth-order valence-electron chi connectivity index (χ4n) is 0.755. The van der Waals surface area contributed by atoms with Crippen molar-refractivity contribution in [2.75, 3.05) is 0 Å². The number of carboxylic acid groups (broad SMARTS) is 2. The van der Waals surface area contributed by atoms with Crippen molar-refractivity contribution in [1.29, 1.82) is 5.26 Å². The zero-order valence-electron chi connectivity index (χ0n) is 7.97. The summed E-state index contributed by atoms with van der Waals surface area (Å²) in [6, 6.07) is 6.77. The number of aromatic carboxylic acids is 2. The van der Waals surface area contributed by atoms with Gasteiger partial charge in [0, 0.05) is 6.92 Å². The molecular weight excluding hydrogens is 198 g/mol. The molecule has 0 aliphatic rings. The summed E-state index contributed by atoms with van der Waals surface area (Å²) in [7, 11) is 0. The fraction of sp³-hybridized carbons (Fsp3) is 0.100. The van der Waals surface area contributed by atoms with Gasteiger partial charge < -0.3 is 10.2 Å². The predicted molar refractivity (Wildman–Crippen MR) is 51.6 cm³/mol. The largest absolute Gasteiger partial charge is 0.478 e. The van der Waals surface area contributed by atoms with Crippen molar-refractivity contribution in [3.8, 4) is 6.07 Å². The minimum absolute atomic E-state index is 0.0833. The molecule has 0 amide bonds. The third-order valence-electron chi connectivity index (χ3n) is 1.38. The summed E-state index contributed by atoms with van der Waals surface area (Å²) in [6.07, 6.45) is 0. The van der Waals surface area contributed by atoms with Crippen molar-refractivity contribution in [2.24, 2.45) is 0 Å². The molecule has 0 saturated carbocycles. The molecule has 0 radical (unpaired) electrons. The second-order valence-corrected chi connectivity index (χ2v) is 2.41. The number of nitriles is 1. The van der Waals surface area contributed by atoms with Gasteiger partial charge in [-0.05, 0) is 24.3 Å². The lowest BCUT2D eigenvalue weighted by molar-refractivity contribution is 0.0681. The van der Waals surface area contributed by atoms with E-state index < -0.39 is 11.9 Å². The van der Waals surface area contributed by atoms with Crippen LogP contribution in [0.25, 0.3) is 0 Å². The molecule has 15 heavy (non-hydrogen) atoms. The van der Waals surface area contributed by atoms with Crippen molar-refractivity contribution >= 4 is 11.9 Å². The molecular formula is C10H9NO4. The lowest BCUT2D eigenvalue weighted by Crippen LogP contribution is -1.99. The van der Waals surface area contributed by atoms with E-state index in [0.29, 0.717) is 0 Å². The van der Waals surface area contributed by atoms with Gasteiger partial charge >= 0.3 is 11.9 Å². The normalized spacial score (nSPS) is 8.00. The van der Waals surface area contributed by atoms with Crippen LogP contribution in [0.5, 0.6) is 0 Å². The molecule has 0 fully saturated rings. The number of carbonyl (C=O) groups is 2. The number of benzene rings is 1. The number of carboxylic acids is 2. The SMILES string of the molecule is CC#N.O=C(O)c1ccc(C(=O)O)cc1. The first-order valence-corrected chi connectivity index (χ1v) is 3.90. The lowest BCUT2D eigenvalue weighted by atomic mass is 10.1. The maximum absolute atomic E-state index is 10.3. The third-order valence-corrected chi connectivity index (χ3v) is 1.38. The van der Waals surface area contributed by atoms with Gasteiger partial charge in [0.05, 0.1) is 17.2 Å². The molecule has 5 nitrogen and oxygen atoms in total. The van der Waals surface area contributed by atoms with E-state index in [1.54, 1.807) is 6.07 Å². The number of hydrogen-bond donors (Lipinski definition) is 2. The van der Waals surface area contributed by atoms with E-state index in [9.17, 15) is 9.59 Å². The molecule has 0 heterocycles. The van der Waals surface area contributed by atoms with E-state index >= 15 is 0 Å². The molecule has 5 heteroatoms. The molecule has 0 aliphatic carbocycles. The fourth-order valence-corrected chi connectivity index (χ4v) is 0.755. The molecule has 0 aromatic heterocycles. The second-order valence-electron chi connectivity index (χ2n) is 2.41. The van der Waals surface area contributed by atoms with E-state index in [0.717, 1.165) is 0 Å². The Morgan fingerprint density at radius 2 is 1.27 bits per heavy atom. The number of hydrogen-bond acceptors (Lipinski definition) is 3. The minimum Gasteiger partial charge on any atom is -0.478 e. The maximum atomic E-state index is 10.3. The first-order valence-electron chi connectivity index (χ1n) is 3.90. The van der Waals surface area contributed by atoms with Gasteiger partial charge in [0.15, 0.2) is 0 Å². The van der Waals surface area contributed by atoms with E-state index in [1.807, 2.05) is 0 Å². The van der Waals surface area contributed by atoms with Crippen molar-refractivity contribution in [3.05, 3.63) is 35.4 Å². The van der Waals surface area contributed by atoms with Crippen molar-refractivity contribution in [3.63, 3.8) is 0 Å². The van der Waals surface area contributed by atoms with Gasteiger partial charge in [-0.3, -0.25) is 0 Å². The Hall–Kier alpha value is -2.35. The summed E-state index contributed by atoms with van der Waals surface area (Å²) in [5, 5.41) is 24.3. The van der Waals surface area contributed by atoms with Crippen LogP contribution in [0.3, 0.4) is 0 Å². The average Bonchev–Trinajstić information content (AvgIpc) is 2.19. The highest BCUT2D eigenvalue weighted by Crippen LogP contribution is 2.03. The first kappa shape index (κ1) is 12.7. The predicted octanol–water partition coefficient (Wildman–Crippen LogP) is 1.61. The zero-order valence-corrected chi connectivity index (χ0v) is 7.97. The van der Waals surface area contributed by atoms with Crippen molar-refractivity contribution in [1.82, 2.24) is 0 Å². The summed E-state index contributed by atoms with van der Waals surface area (Å²) >= 11 is 0. The smallest absolute Gasteiger partial charge is 0.335 e. The van der Waals surface area contributed by atoms with Gasteiger partial charge in [-0.25, -0.2) is 9.59 Å². The Bertz CT molecular complexity index is 356. The van der Waals surface area contributed by atoms with Crippen LogP contribution >= 0.6 is 0 Å². The van der Waals surface area contributed by atoms with Crippen molar-refractivity contribution < 1.29 is 19.8 Å². The highest BCUT2D eigenvalue weighted by Gasteiger charge is 2.04. The van der Waals surface area contributed by atoms with Gasteiger partial charge in [-0.1, -0.05) is 0 Å². The summed E-state index contributed by atoms with van der Waals surface area (Å²) < 4.78 is 0. The van der Waals surface area contributed by atoms with Gasteiger partial charge in [0.2, 0.25) is 0 Å². The molecule has 0 unspecified atom stereocenters. The highest BCUT2D eigenvalue weighted by molar-refractivity contribution is 5.91. The van der Waals surface area contributed by atoms with Crippen LogP contribution in [0, 0.1) is 11.3 Å². The van der Waals surface area contributed by atoms with Crippen LogP contribution in [0.2, 0.25) is 0 Å². The second kappa shape index (κ2) is 6.16. The number of nitrogens with zero attached hydrogens (tertiary/aromatic N) is 1. The van der Waals surface area contributed by atoms with E-state index in [2.05, 4.69) is 0 Å². The Morgan fingerprint density at radius 3 is 1.40 bits per heavy atom. The summed E-state index contributed by atoms with van der Waals surface area (Å²) in [6.45, 7) is 1.43. The molecule has 1 rings (SSSR count). The minimum atomic E-state index is -1.06. The van der Waals surface area contributed by atoms with E-state index in [-0.39, 0.29) is 11.1 Å². The quantitative estimate of drug-likeness (QED) is 0.767. The molecule has 0 aliphatic heterocycles. The van der Waals surface area contributed by atoms with Crippen LogP contribution in [-0.4, -0.2) is 22.2 Å². The topological polar surface area (TPSA) is 98.4 Å². The Morgan fingerprint density at radius 1 is 1.07 bits per heavy atom. The zero-order chi connectivity index (χ0) is 11.8.